The zero-order valence-electron chi connectivity index (χ0n) is 16.5. The van der Waals surface area contributed by atoms with Crippen molar-refractivity contribution in [2.45, 2.75) is 37.0 Å². The van der Waals surface area contributed by atoms with Gasteiger partial charge in [-0.2, -0.15) is 0 Å². The molecule has 1 saturated heterocycles. The summed E-state index contributed by atoms with van der Waals surface area (Å²) in [5, 5.41) is 0. The number of ether oxygens (including phenoxy) is 1. The molecule has 2 aliphatic rings. The minimum Gasteiger partial charge on any atom is -0.452 e. The minimum absolute atomic E-state index is 0.0977. The van der Waals surface area contributed by atoms with Crippen molar-refractivity contribution in [3.63, 3.8) is 0 Å². The zero-order valence-corrected chi connectivity index (χ0v) is 17.3. The van der Waals surface area contributed by atoms with E-state index in [0.717, 1.165) is 29.7 Å². The summed E-state index contributed by atoms with van der Waals surface area (Å²) >= 11 is 0. The van der Waals surface area contributed by atoms with Crippen LogP contribution in [0.25, 0.3) is 0 Å². The maximum atomic E-state index is 12.4. The van der Waals surface area contributed by atoms with Crippen molar-refractivity contribution in [1.82, 2.24) is 9.21 Å². The molecule has 1 aliphatic heterocycles. The van der Waals surface area contributed by atoms with E-state index in [1.807, 2.05) is 4.90 Å². The van der Waals surface area contributed by atoms with Crippen LogP contribution in [0.15, 0.2) is 29.2 Å². The number of hydrogen-bond acceptors (Lipinski definition) is 5. The second kappa shape index (κ2) is 8.61. The normalized spacial score (nSPS) is 22.6. The highest BCUT2D eigenvalue weighted by molar-refractivity contribution is 7.89. The van der Waals surface area contributed by atoms with Crippen LogP contribution in [0, 0.1) is 11.8 Å². The first kappa shape index (κ1) is 20.8. The Hall–Kier alpha value is -1.93. The van der Waals surface area contributed by atoms with Crippen molar-refractivity contribution in [2.24, 2.45) is 11.8 Å². The molecule has 154 valence electrons. The summed E-state index contributed by atoms with van der Waals surface area (Å²) in [5.41, 5.74) is 0.219. The fourth-order valence-corrected chi connectivity index (χ4v) is 5.00. The van der Waals surface area contributed by atoms with Gasteiger partial charge in [0.25, 0.3) is 5.91 Å². The highest BCUT2D eigenvalue weighted by atomic mass is 32.2. The average Bonchev–Trinajstić information content (AvgIpc) is 2.71. The van der Waals surface area contributed by atoms with Gasteiger partial charge in [-0.1, -0.05) is 19.3 Å². The Labute approximate surface area is 166 Å². The van der Waals surface area contributed by atoms with Crippen LogP contribution in [-0.2, 0) is 19.6 Å². The minimum atomic E-state index is -3.55. The lowest BCUT2D eigenvalue weighted by Gasteiger charge is -2.41. The summed E-state index contributed by atoms with van der Waals surface area (Å²) in [5.74, 6) is 0.518. The number of piperidine rings is 1. The first-order valence-electron chi connectivity index (χ1n) is 9.76. The zero-order chi connectivity index (χ0) is 20.3. The molecule has 1 heterocycles. The molecule has 0 aromatic heterocycles. The summed E-state index contributed by atoms with van der Waals surface area (Å²) < 4.78 is 30.4. The summed E-state index contributed by atoms with van der Waals surface area (Å²) in [6, 6.07) is 5.52. The Kier molecular flexibility index (Phi) is 6.40. The SMILES string of the molecule is CN(C)S(=O)(=O)c1ccc(C(=O)OCC(=O)N2CC[C@@H]3CCCC[C@H]3C2)cc1. The van der Waals surface area contributed by atoms with Gasteiger partial charge in [-0.05, 0) is 48.9 Å². The van der Waals surface area contributed by atoms with Crippen LogP contribution in [0.1, 0.15) is 42.5 Å². The molecule has 1 amide bonds. The Bertz CT molecular complexity index is 820. The molecule has 0 N–H and O–H groups in total. The lowest BCUT2D eigenvalue weighted by Crippen LogP contribution is -2.46. The third-order valence-corrected chi connectivity index (χ3v) is 7.67. The van der Waals surface area contributed by atoms with E-state index in [4.69, 9.17) is 4.74 Å². The van der Waals surface area contributed by atoms with Crippen LogP contribution in [0.4, 0.5) is 0 Å². The van der Waals surface area contributed by atoms with Crippen LogP contribution < -0.4 is 0 Å². The molecule has 0 spiro atoms. The van der Waals surface area contributed by atoms with Crippen LogP contribution in [0.2, 0.25) is 0 Å². The number of amides is 1. The van der Waals surface area contributed by atoms with E-state index in [2.05, 4.69) is 0 Å². The topological polar surface area (TPSA) is 84.0 Å². The standard InChI is InChI=1S/C20H28N2O5S/c1-21(2)28(25,26)18-9-7-16(8-10-18)20(24)27-14-19(23)22-12-11-15-5-3-4-6-17(15)13-22/h7-10,15,17H,3-6,11-14H2,1-2H3/t15-,17-/m0/s1. The van der Waals surface area contributed by atoms with Crippen LogP contribution >= 0.6 is 0 Å². The van der Waals surface area contributed by atoms with E-state index in [1.54, 1.807) is 0 Å². The largest absolute Gasteiger partial charge is 0.452 e. The van der Waals surface area contributed by atoms with Crippen molar-refractivity contribution in [1.29, 1.82) is 0 Å². The monoisotopic (exact) mass is 408 g/mol. The van der Waals surface area contributed by atoms with Gasteiger partial charge in [0.2, 0.25) is 10.0 Å². The van der Waals surface area contributed by atoms with E-state index in [1.165, 1.54) is 64.0 Å². The Morgan fingerprint density at radius 1 is 1.07 bits per heavy atom. The predicted octanol–water partition coefficient (Wildman–Crippen LogP) is 2.13. The van der Waals surface area contributed by atoms with Crippen LogP contribution in [-0.4, -0.2) is 63.3 Å². The molecule has 3 rings (SSSR count). The quantitative estimate of drug-likeness (QED) is 0.697. The molecule has 8 heteroatoms. The molecule has 2 fully saturated rings. The second-order valence-corrected chi connectivity index (χ2v) is 9.97. The van der Waals surface area contributed by atoms with Gasteiger partial charge >= 0.3 is 5.97 Å². The predicted molar refractivity (Wildman–Crippen MR) is 104 cm³/mol. The lowest BCUT2D eigenvalue weighted by molar-refractivity contribution is -0.137. The number of fused-ring (bicyclic) bond motifs is 1. The molecule has 1 aromatic rings. The van der Waals surface area contributed by atoms with Gasteiger partial charge in [0.15, 0.2) is 6.61 Å². The smallest absolute Gasteiger partial charge is 0.338 e. The summed E-state index contributed by atoms with van der Waals surface area (Å²) in [7, 11) is -0.662. The molecule has 7 nitrogen and oxygen atoms in total. The van der Waals surface area contributed by atoms with Crippen molar-refractivity contribution in [3.8, 4) is 0 Å². The second-order valence-electron chi connectivity index (χ2n) is 7.82. The van der Waals surface area contributed by atoms with E-state index in [-0.39, 0.29) is 23.0 Å². The molecule has 28 heavy (non-hydrogen) atoms. The summed E-state index contributed by atoms with van der Waals surface area (Å²) in [6.07, 6.45) is 6.00. The van der Waals surface area contributed by atoms with Crippen molar-refractivity contribution < 1.29 is 22.7 Å². The molecular weight excluding hydrogens is 380 g/mol. The highest BCUT2D eigenvalue weighted by Crippen LogP contribution is 2.36. The van der Waals surface area contributed by atoms with Gasteiger partial charge in [-0.15, -0.1) is 0 Å². The Morgan fingerprint density at radius 3 is 2.36 bits per heavy atom. The number of carbonyl (C=O) groups excluding carboxylic acids is 2. The fraction of sp³-hybridized carbons (Fsp3) is 0.600. The molecular formula is C20H28N2O5S. The Morgan fingerprint density at radius 2 is 1.71 bits per heavy atom. The van der Waals surface area contributed by atoms with Gasteiger partial charge in [-0.25, -0.2) is 17.5 Å². The van der Waals surface area contributed by atoms with E-state index in [0.29, 0.717) is 5.92 Å². The summed E-state index contributed by atoms with van der Waals surface area (Å²) in [4.78, 5) is 26.5. The molecule has 0 radical (unpaired) electrons. The molecule has 1 aliphatic carbocycles. The maximum absolute atomic E-state index is 12.4. The Balaban J connectivity index is 1.53. The molecule has 1 aromatic carbocycles. The lowest BCUT2D eigenvalue weighted by atomic mass is 9.75. The fourth-order valence-electron chi connectivity index (χ4n) is 4.10. The van der Waals surface area contributed by atoms with Crippen molar-refractivity contribution in [3.05, 3.63) is 29.8 Å². The van der Waals surface area contributed by atoms with Crippen LogP contribution in [0.3, 0.4) is 0 Å². The van der Waals surface area contributed by atoms with Gasteiger partial charge in [0, 0.05) is 27.2 Å². The molecule has 0 unspecified atom stereocenters. The van der Waals surface area contributed by atoms with Gasteiger partial charge in [0.05, 0.1) is 10.5 Å². The van der Waals surface area contributed by atoms with E-state index in [9.17, 15) is 18.0 Å². The number of nitrogens with zero attached hydrogens (tertiary/aromatic N) is 2. The third kappa shape index (κ3) is 4.55. The number of likely N-dealkylation sites (tertiary alicyclic amines) is 1. The average molecular weight is 409 g/mol. The third-order valence-electron chi connectivity index (χ3n) is 5.84. The number of hydrogen-bond donors (Lipinski definition) is 0. The summed E-state index contributed by atoms with van der Waals surface area (Å²) in [6.45, 7) is 1.21. The number of sulfonamides is 1. The number of carbonyl (C=O) groups is 2. The number of rotatable bonds is 5. The molecule has 2 atom stereocenters. The molecule has 1 saturated carbocycles. The number of esters is 1. The number of benzene rings is 1. The van der Waals surface area contributed by atoms with E-state index < -0.39 is 16.0 Å². The maximum Gasteiger partial charge on any atom is 0.338 e. The first-order chi connectivity index (χ1) is 13.3. The van der Waals surface area contributed by atoms with Gasteiger partial charge < -0.3 is 9.64 Å². The van der Waals surface area contributed by atoms with Gasteiger partial charge in [-0.3, -0.25) is 4.79 Å². The van der Waals surface area contributed by atoms with Crippen molar-refractivity contribution in [2.75, 3.05) is 33.8 Å². The van der Waals surface area contributed by atoms with Crippen molar-refractivity contribution >= 4 is 21.9 Å². The highest BCUT2D eigenvalue weighted by Gasteiger charge is 2.33. The van der Waals surface area contributed by atoms with E-state index >= 15 is 0 Å². The van der Waals surface area contributed by atoms with Gasteiger partial charge in [0.1, 0.15) is 0 Å². The van der Waals surface area contributed by atoms with Crippen LogP contribution in [0.5, 0.6) is 0 Å². The molecule has 0 bridgehead atoms. The first-order valence-corrected chi connectivity index (χ1v) is 11.2.